The van der Waals surface area contributed by atoms with Crippen LogP contribution in [0.25, 0.3) is 0 Å². The lowest BCUT2D eigenvalue weighted by Crippen LogP contribution is -2.54. The Morgan fingerprint density at radius 2 is 1.79 bits per heavy atom. The van der Waals surface area contributed by atoms with Gasteiger partial charge in [-0.2, -0.15) is 5.26 Å². The van der Waals surface area contributed by atoms with Gasteiger partial charge in [0.15, 0.2) is 5.78 Å². The van der Waals surface area contributed by atoms with Crippen LogP contribution in [-0.4, -0.2) is 17.9 Å². The number of esters is 1. The SMILES string of the molecule is CC(C)C(=O)/C=C/[C@@H](C)[C@H]1CC[C@@]2(C#N)C3=CC[C@H]4C[C@@H](OC(=O)c5ccccc5)CC[C@]4(C)[C@H]3CC[C@]12C. The Hall–Kier alpha value is -2.67. The van der Waals surface area contributed by atoms with E-state index in [1.165, 1.54) is 5.57 Å². The number of ether oxygens (including phenoxy) is 1. The Balaban J connectivity index is 1.35. The average molecular weight is 528 g/mol. The van der Waals surface area contributed by atoms with Crippen LogP contribution in [0.3, 0.4) is 0 Å². The van der Waals surface area contributed by atoms with E-state index in [0.29, 0.717) is 23.3 Å². The van der Waals surface area contributed by atoms with Crippen molar-refractivity contribution >= 4 is 11.8 Å². The minimum atomic E-state index is -0.421. The molecule has 3 fully saturated rings. The average Bonchev–Trinajstić information content (AvgIpc) is 3.25. The van der Waals surface area contributed by atoms with Crippen molar-refractivity contribution in [2.75, 3.05) is 0 Å². The van der Waals surface area contributed by atoms with E-state index >= 15 is 0 Å². The fraction of sp³-hybridized carbons (Fsp3) is 0.629. The summed E-state index contributed by atoms with van der Waals surface area (Å²) in [5, 5.41) is 10.9. The van der Waals surface area contributed by atoms with Crippen molar-refractivity contribution in [1.29, 1.82) is 5.26 Å². The third-order valence-electron chi connectivity index (χ3n) is 11.6. The van der Waals surface area contributed by atoms with Gasteiger partial charge in [-0.1, -0.05) is 65.0 Å². The third kappa shape index (κ3) is 4.51. The molecular formula is C35H45NO3. The van der Waals surface area contributed by atoms with Gasteiger partial charge in [-0.3, -0.25) is 4.79 Å². The summed E-state index contributed by atoms with van der Waals surface area (Å²) in [6, 6.07) is 12.2. The number of allylic oxidation sites excluding steroid dienone is 4. The lowest BCUT2D eigenvalue weighted by Gasteiger charge is -2.60. The molecule has 0 amide bonds. The zero-order chi connectivity index (χ0) is 28.0. The Bertz CT molecular complexity index is 1210. The van der Waals surface area contributed by atoms with Crippen molar-refractivity contribution < 1.29 is 14.3 Å². The van der Waals surface area contributed by atoms with Gasteiger partial charge < -0.3 is 4.74 Å². The number of nitrogens with zero attached hydrogens (tertiary/aromatic N) is 1. The molecule has 0 saturated heterocycles. The first-order valence-electron chi connectivity index (χ1n) is 15.2. The van der Waals surface area contributed by atoms with Gasteiger partial charge in [0.1, 0.15) is 6.10 Å². The molecule has 39 heavy (non-hydrogen) atoms. The van der Waals surface area contributed by atoms with Crippen molar-refractivity contribution in [3.05, 3.63) is 59.7 Å². The van der Waals surface area contributed by atoms with Gasteiger partial charge in [0.05, 0.1) is 17.0 Å². The number of carbonyl (C=O) groups is 2. The van der Waals surface area contributed by atoms with E-state index in [0.717, 1.165) is 51.4 Å². The maximum atomic E-state index is 12.7. The predicted molar refractivity (Wildman–Crippen MR) is 154 cm³/mol. The van der Waals surface area contributed by atoms with Gasteiger partial charge in [0.25, 0.3) is 0 Å². The monoisotopic (exact) mass is 527 g/mol. The number of benzene rings is 1. The highest BCUT2D eigenvalue weighted by Crippen LogP contribution is 2.72. The fourth-order valence-electron chi connectivity index (χ4n) is 9.10. The molecular weight excluding hydrogens is 482 g/mol. The number of ketones is 1. The highest BCUT2D eigenvalue weighted by Gasteiger charge is 2.66. The summed E-state index contributed by atoms with van der Waals surface area (Å²) in [7, 11) is 0. The van der Waals surface area contributed by atoms with Gasteiger partial charge in [0, 0.05) is 5.92 Å². The summed E-state index contributed by atoms with van der Waals surface area (Å²) in [6.07, 6.45) is 14.2. The molecule has 0 spiro atoms. The Kier molecular flexibility index (Phi) is 7.42. The second-order valence-corrected chi connectivity index (χ2v) is 13.7. The highest BCUT2D eigenvalue weighted by molar-refractivity contribution is 5.91. The Labute approximate surface area is 234 Å². The first-order chi connectivity index (χ1) is 18.6. The minimum Gasteiger partial charge on any atom is -0.459 e. The molecule has 4 aliphatic rings. The van der Waals surface area contributed by atoms with Crippen molar-refractivity contribution in [3.63, 3.8) is 0 Å². The first kappa shape index (κ1) is 27.9. The lowest BCUT2D eigenvalue weighted by molar-refractivity contribution is -0.117. The molecule has 0 N–H and O–H groups in total. The number of hydrogen-bond acceptors (Lipinski definition) is 4. The van der Waals surface area contributed by atoms with Crippen LogP contribution < -0.4 is 0 Å². The predicted octanol–water partition coefficient (Wildman–Crippen LogP) is 8.10. The Morgan fingerprint density at radius 1 is 1.05 bits per heavy atom. The van der Waals surface area contributed by atoms with Gasteiger partial charge in [0.2, 0.25) is 0 Å². The van der Waals surface area contributed by atoms with Gasteiger partial charge >= 0.3 is 5.97 Å². The number of hydrogen-bond donors (Lipinski definition) is 0. The van der Waals surface area contributed by atoms with Crippen LogP contribution in [0.15, 0.2) is 54.1 Å². The molecule has 1 aromatic rings. The smallest absolute Gasteiger partial charge is 0.338 e. The molecule has 4 aliphatic carbocycles. The number of carbonyl (C=O) groups excluding carboxylic acids is 2. The summed E-state index contributed by atoms with van der Waals surface area (Å²) in [4.78, 5) is 25.0. The van der Waals surface area contributed by atoms with E-state index in [2.05, 4.69) is 39.0 Å². The number of nitriles is 1. The molecule has 0 bridgehead atoms. The second kappa shape index (κ2) is 10.4. The maximum absolute atomic E-state index is 12.7. The molecule has 1 aromatic carbocycles. The summed E-state index contributed by atoms with van der Waals surface area (Å²) >= 11 is 0. The van der Waals surface area contributed by atoms with Gasteiger partial charge in [-0.05, 0) is 110 Å². The van der Waals surface area contributed by atoms with Crippen LogP contribution >= 0.6 is 0 Å². The highest BCUT2D eigenvalue weighted by atomic mass is 16.5. The zero-order valence-corrected chi connectivity index (χ0v) is 24.4. The van der Waals surface area contributed by atoms with Crippen molar-refractivity contribution in [1.82, 2.24) is 0 Å². The van der Waals surface area contributed by atoms with Crippen LogP contribution in [0, 0.1) is 57.2 Å². The van der Waals surface area contributed by atoms with Crippen molar-refractivity contribution in [2.24, 2.45) is 45.8 Å². The van der Waals surface area contributed by atoms with E-state index in [1.807, 2.05) is 44.2 Å². The molecule has 0 radical (unpaired) electrons. The summed E-state index contributed by atoms with van der Waals surface area (Å²) in [5.74, 6) is 1.53. The lowest BCUT2D eigenvalue weighted by atomic mass is 9.43. The quantitative estimate of drug-likeness (QED) is 0.213. The second-order valence-electron chi connectivity index (χ2n) is 13.7. The number of rotatable bonds is 6. The standard InChI is InChI=1S/C35H45NO3/c1-23(2)31(37)14-11-24(3)28-17-20-35(22-36)30-13-12-26-21-27(39-32(38)25-9-7-6-8-10-25)15-18-33(26,4)29(30)16-19-34(28,35)5/h6-11,13-14,23-24,26-29H,12,15-21H2,1-5H3/b14-11+/t24-,26+,27+,28-,29+,33+,34-,35-/m1/s1. The minimum absolute atomic E-state index is 0.0132. The van der Waals surface area contributed by atoms with E-state index < -0.39 is 5.41 Å². The molecule has 0 aromatic heterocycles. The van der Waals surface area contributed by atoms with E-state index in [1.54, 1.807) is 6.08 Å². The van der Waals surface area contributed by atoms with Crippen LogP contribution in [0.5, 0.6) is 0 Å². The van der Waals surface area contributed by atoms with E-state index in [9.17, 15) is 14.9 Å². The maximum Gasteiger partial charge on any atom is 0.338 e. The zero-order valence-electron chi connectivity index (χ0n) is 24.4. The first-order valence-corrected chi connectivity index (χ1v) is 15.2. The van der Waals surface area contributed by atoms with Gasteiger partial charge in [-0.15, -0.1) is 0 Å². The molecule has 4 nitrogen and oxygen atoms in total. The normalized spacial score (nSPS) is 38.2. The van der Waals surface area contributed by atoms with Crippen LogP contribution in [0.2, 0.25) is 0 Å². The van der Waals surface area contributed by atoms with Crippen LogP contribution in [0.1, 0.15) is 96.3 Å². The Morgan fingerprint density at radius 3 is 2.49 bits per heavy atom. The number of fused-ring (bicyclic) bond motifs is 5. The molecule has 0 aliphatic heterocycles. The largest absolute Gasteiger partial charge is 0.459 e. The molecule has 8 atom stereocenters. The van der Waals surface area contributed by atoms with Crippen LogP contribution in [0.4, 0.5) is 0 Å². The van der Waals surface area contributed by atoms with Crippen molar-refractivity contribution in [2.45, 2.75) is 92.1 Å². The fourth-order valence-corrected chi connectivity index (χ4v) is 9.10. The van der Waals surface area contributed by atoms with E-state index in [4.69, 9.17) is 4.74 Å². The summed E-state index contributed by atoms with van der Waals surface area (Å²) < 4.78 is 5.99. The summed E-state index contributed by atoms with van der Waals surface area (Å²) in [6.45, 7) is 11.0. The topological polar surface area (TPSA) is 67.2 Å². The van der Waals surface area contributed by atoms with Crippen molar-refractivity contribution in [3.8, 4) is 6.07 Å². The molecule has 5 rings (SSSR count). The molecule has 0 unspecified atom stereocenters. The summed E-state index contributed by atoms with van der Waals surface area (Å²) in [5.41, 5.74) is 1.66. The third-order valence-corrected chi connectivity index (χ3v) is 11.6. The molecule has 4 heteroatoms. The molecule has 3 saturated carbocycles. The molecule has 208 valence electrons. The van der Waals surface area contributed by atoms with Gasteiger partial charge in [-0.25, -0.2) is 4.79 Å². The van der Waals surface area contributed by atoms with Crippen LogP contribution in [-0.2, 0) is 9.53 Å². The van der Waals surface area contributed by atoms with E-state index in [-0.39, 0.29) is 40.5 Å². The molecule has 0 heterocycles.